The van der Waals surface area contributed by atoms with E-state index in [1.807, 2.05) is 0 Å². The first-order chi connectivity index (χ1) is 15.6. The van der Waals surface area contributed by atoms with Crippen molar-refractivity contribution in [2.45, 2.75) is 35.8 Å². The molecule has 0 saturated carbocycles. The van der Waals surface area contributed by atoms with Gasteiger partial charge in [-0.15, -0.1) is 11.8 Å². The normalized spacial score (nSPS) is 25.2. The summed E-state index contributed by atoms with van der Waals surface area (Å²) in [6.45, 7) is 1.09. The van der Waals surface area contributed by atoms with Crippen LogP contribution in [0.15, 0.2) is 47.4 Å². The number of carbonyl (C=O) groups excluding carboxylic acids is 1. The van der Waals surface area contributed by atoms with Crippen LogP contribution in [-0.4, -0.2) is 62.9 Å². The van der Waals surface area contributed by atoms with E-state index >= 15 is 0 Å². The number of thioether (sulfide) groups is 1. The molecule has 5 N–H and O–H groups in total. The number of nitrogens with zero attached hydrogens (tertiary/aromatic N) is 2. The topological polar surface area (TPSA) is 175 Å². The molecule has 1 saturated heterocycles. The maximum Gasteiger partial charge on any atom is 0.459 e. The molecule has 180 valence electrons. The Kier molecular flexibility index (Phi) is 8.16. The van der Waals surface area contributed by atoms with E-state index in [1.165, 1.54) is 26.3 Å². The summed E-state index contributed by atoms with van der Waals surface area (Å²) < 4.78 is 30.2. The predicted molar refractivity (Wildman–Crippen MR) is 121 cm³/mol. The summed E-state index contributed by atoms with van der Waals surface area (Å²) in [5, 5.41) is 21.8. The van der Waals surface area contributed by atoms with E-state index < -0.39 is 48.3 Å². The summed E-state index contributed by atoms with van der Waals surface area (Å²) in [4.78, 5) is 27.6. The smallest absolute Gasteiger partial charge is 0.459 e. The first-order valence-corrected chi connectivity index (χ1v) is 12.3. The number of anilines is 1. The monoisotopic (exact) mass is 500 g/mol. The molecule has 2 aromatic rings. The molecule has 1 aromatic carbocycles. The Morgan fingerprint density at radius 1 is 1.30 bits per heavy atom. The number of nitrogen functional groups attached to an aromatic ring is 1. The Morgan fingerprint density at radius 2 is 2.00 bits per heavy atom. The van der Waals surface area contributed by atoms with Gasteiger partial charge in [0.1, 0.15) is 29.1 Å². The molecular weight excluding hydrogens is 475 g/mol. The van der Waals surface area contributed by atoms with Crippen molar-refractivity contribution < 1.29 is 33.4 Å². The van der Waals surface area contributed by atoms with E-state index in [1.54, 1.807) is 30.3 Å². The number of aromatic nitrogens is 2. The summed E-state index contributed by atoms with van der Waals surface area (Å²) in [6, 6.07) is 8.55. The number of hydrogen-bond acceptors (Lipinski definition) is 11. The van der Waals surface area contributed by atoms with Gasteiger partial charge in [-0.2, -0.15) is 10.1 Å². The van der Waals surface area contributed by atoms with E-state index in [0.29, 0.717) is 0 Å². The maximum absolute atomic E-state index is 13.4. The highest BCUT2D eigenvalue weighted by molar-refractivity contribution is 8.00. The lowest BCUT2D eigenvalue weighted by Crippen LogP contribution is -2.37. The predicted octanol–water partition coefficient (Wildman–Crippen LogP) is 0.516. The van der Waals surface area contributed by atoms with Crippen LogP contribution in [0, 0.1) is 0 Å². The van der Waals surface area contributed by atoms with E-state index in [0.717, 1.165) is 16.3 Å². The maximum atomic E-state index is 13.4. The van der Waals surface area contributed by atoms with E-state index in [2.05, 4.69) is 14.8 Å². The first kappa shape index (κ1) is 25.2. The number of nitrogens with one attached hydrogen (secondary N) is 1. The van der Waals surface area contributed by atoms with Crippen molar-refractivity contribution in [1.82, 2.24) is 14.6 Å². The number of para-hydroxylation sites is 1. The molecule has 2 heterocycles. The molecule has 0 bridgehead atoms. The molecule has 0 amide bonds. The van der Waals surface area contributed by atoms with Gasteiger partial charge in [-0.05, 0) is 25.1 Å². The molecule has 1 fully saturated rings. The number of carbonyl (C=O) groups is 1. The molecule has 0 aliphatic carbocycles. The second-order valence-corrected chi connectivity index (χ2v) is 10.2. The van der Waals surface area contributed by atoms with Gasteiger partial charge in [0.25, 0.3) is 0 Å². The van der Waals surface area contributed by atoms with E-state index in [-0.39, 0.29) is 18.2 Å². The Labute approximate surface area is 193 Å². The lowest BCUT2D eigenvalue weighted by Gasteiger charge is -2.24. The highest BCUT2D eigenvalue weighted by Crippen LogP contribution is 2.48. The van der Waals surface area contributed by atoms with Crippen LogP contribution in [0.1, 0.15) is 12.3 Å². The minimum absolute atomic E-state index is 0.0268. The van der Waals surface area contributed by atoms with Crippen LogP contribution in [0.3, 0.4) is 0 Å². The quantitative estimate of drug-likeness (QED) is 0.278. The van der Waals surface area contributed by atoms with Crippen molar-refractivity contribution in [3.63, 3.8) is 0 Å². The van der Waals surface area contributed by atoms with Crippen LogP contribution in [0.2, 0.25) is 0 Å². The zero-order valence-electron chi connectivity index (χ0n) is 17.8. The molecule has 6 atom stereocenters. The molecule has 12 nitrogen and oxygen atoms in total. The third-order valence-corrected chi connectivity index (χ3v) is 7.94. The van der Waals surface area contributed by atoms with Gasteiger partial charge in [0.05, 0.1) is 25.1 Å². The largest absolute Gasteiger partial charge is 0.468 e. The standard InChI is InChI=1S/C19H25N4O8PS/c1-11(18(26)29-2)22-32(28,31-12-6-4-3-5-7-12)30-10-13-15(24)16(25)17(33-13)23-9-8-14(20)21-19(23)27/h3-9,11,13,15-17,24-25H,10H2,1-2H3,(H,22,28)(H2,20,21,27)/t11-,13+,15+,16-,17+,32?/m0/s1. The number of methoxy groups -OCH3 is 1. The number of ether oxygens (including phenoxy) is 1. The molecule has 0 spiro atoms. The van der Waals surface area contributed by atoms with Crippen molar-refractivity contribution >= 4 is 31.3 Å². The molecule has 3 rings (SSSR count). The summed E-state index contributed by atoms with van der Waals surface area (Å²) >= 11 is 1.04. The number of aliphatic hydroxyl groups excluding tert-OH is 2. The van der Waals surface area contributed by atoms with Gasteiger partial charge in [-0.25, -0.2) is 9.36 Å². The number of rotatable bonds is 9. The van der Waals surface area contributed by atoms with Crippen molar-refractivity contribution in [3.8, 4) is 5.75 Å². The third kappa shape index (κ3) is 6.14. The molecule has 14 heteroatoms. The van der Waals surface area contributed by atoms with Gasteiger partial charge in [0, 0.05) is 6.20 Å². The third-order valence-electron chi connectivity index (χ3n) is 4.75. The molecular formula is C19H25N4O8PS. The highest BCUT2D eigenvalue weighted by atomic mass is 32.2. The van der Waals surface area contributed by atoms with Crippen LogP contribution in [0.25, 0.3) is 0 Å². The van der Waals surface area contributed by atoms with Crippen LogP contribution >= 0.6 is 19.5 Å². The Morgan fingerprint density at radius 3 is 2.64 bits per heavy atom. The Balaban J connectivity index is 1.75. The van der Waals surface area contributed by atoms with Gasteiger partial charge >= 0.3 is 19.4 Å². The Bertz CT molecular complexity index is 1070. The zero-order chi connectivity index (χ0) is 24.2. The summed E-state index contributed by atoms with van der Waals surface area (Å²) in [6.07, 6.45) is -1.28. The summed E-state index contributed by atoms with van der Waals surface area (Å²) in [5.41, 5.74) is 4.81. The van der Waals surface area contributed by atoms with Gasteiger partial charge < -0.3 is 25.2 Å². The fraction of sp³-hybridized carbons (Fsp3) is 0.421. The molecule has 33 heavy (non-hydrogen) atoms. The van der Waals surface area contributed by atoms with Crippen LogP contribution in [0.4, 0.5) is 5.82 Å². The number of nitrogens with two attached hydrogens (primary N) is 1. The minimum Gasteiger partial charge on any atom is -0.468 e. The molecule has 1 aliphatic heterocycles. The second-order valence-electron chi connectivity index (χ2n) is 7.16. The van der Waals surface area contributed by atoms with Gasteiger partial charge in [-0.1, -0.05) is 18.2 Å². The van der Waals surface area contributed by atoms with E-state index in [4.69, 9.17) is 14.8 Å². The van der Waals surface area contributed by atoms with Crippen LogP contribution < -0.4 is 21.0 Å². The van der Waals surface area contributed by atoms with Crippen molar-refractivity contribution in [1.29, 1.82) is 0 Å². The van der Waals surface area contributed by atoms with Crippen molar-refractivity contribution in [2.24, 2.45) is 0 Å². The fourth-order valence-corrected chi connectivity index (χ4v) is 6.12. The van der Waals surface area contributed by atoms with Gasteiger partial charge in [-0.3, -0.25) is 13.9 Å². The molecule has 0 radical (unpaired) electrons. The van der Waals surface area contributed by atoms with Crippen molar-refractivity contribution in [2.75, 3.05) is 19.5 Å². The average molecular weight is 500 g/mol. The zero-order valence-corrected chi connectivity index (χ0v) is 19.5. The first-order valence-electron chi connectivity index (χ1n) is 9.84. The Hall–Kier alpha value is -2.41. The fourth-order valence-electron chi connectivity index (χ4n) is 3.06. The van der Waals surface area contributed by atoms with Gasteiger partial charge in [0.2, 0.25) is 0 Å². The molecule has 1 aliphatic rings. The average Bonchev–Trinajstić information content (AvgIpc) is 3.06. The van der Waals surface area contributed by atoms with Crippen molar-refractivity contribution in [3.05, 3.63) is 53.1 Å². The number of aliphatic hydroxyl groups is 2. The van der Waals surface area contributed by atoms with E-state index in [9.17, 15) is 24.4 Å². The highest BCUT2D eigenvalue weighted by Gasteiger charge is 2.45. The van der Waals surface area contributed by atoms with Crippen LogP contribution in [-0.2, 0) is 18.6 Å². The number of hydrogen-bond donors (Lipinski definition) is 4. The van der Waals surface area contributed by atoms with Crippen LogP contribution in [0.5, 0.6) is 5.75 Å². The lowest BCUT2D eigenvalue weighted by molar-refractivity contribution is -0.142. The molecule has 1 unspecified atom stereocenters. The SMILES string of the molecule is COC(=O)[C@H](C)NP(=O)(OC[C@H]1S[C@@H](n2ccc(N)nc2=O)[C@@H](O)[C@@H]1O)Oc1ccccc1. The summed E-state index contributed by atoms with van der Waals surface area (Å²) in [5.74, 6) is -0.433. The number of benzene rings is 1. The van der Waals surface area contributed by atoms with Gasteiger partial charge in [0.15, 0.2) is 0 Å². The minimum atomic E-state index is -4.13. The summed E-state index contributed by atoms with van der Waals surface area (Å²) in [7, 11) is -2.94. The number of esters is 1. The molecule has 1 aromatic heterocycles. The second kappa shape index (κ2) is 10.7. The lowest BCUT2D eigenvalue weighted by atomic mass is 10.1.